The molecule has 4 rings (SSSR count). The molecule has 32 heavy (non-hydrogen) atoms. The smallest absolute Gasteiger partial charge is 0.325 e. The number of likely N-dealkylation sites (tertiary alicyclic amines) is 1. The Balaban J connectivity index is 1.41. The van der Waals surface area contributed by atoms with Gasteiger partial charge in [0.25, 0.3) is 0 Å². The fraction of sp³-hybridized carbons (Fsp3) is 0.435. The van der Waals surface area contributed by atoms with E-state index in [9.17, 15) is 18.4 Å². The third kappa shape index (κ3) is 4.29. The summed E-state index contributed by atoms with van der Waals surface area (Å²) < 4.78 is 27.6. The van der Waals surface area contributed by atoms with Crippen LogP contribution in [-0.4, -0.2) is 59.1 Å². The highest BCUT2D eigenvalue weighted by molar-refractivity contribution is 5.94. The molecule has 1 aromatic heterocycles. The van der Waals surface area contributed by atoms with Crippen LogP contribution in [0.25, 0.3) is 0 Å². The molecule has 1 atom stereocenters. The first kappa shape index (κ1) is 22.1. The van der Waals surface area contributed by atoms with Crippen LogP contribution in [0.5, 0.6) is 0 Å². The zero-order valence-corrected chi connectivity index (χ0v) is 17.8. The monoisotopic (exact) mass is 443 g/mol. The summed E-state index contributed by atoms with van der Waals surface area (Å²) in [6, 6.07) is 8.45. The summed E-state index contributed by atoms with van der Waals surface area (Å²) in [6.45, 7) is 2.78. The van der Waals surface area contributed by atoms with E-state index in [0.717, 1.165) is 55.1 Å². The number of halogens is 2. The molecule has 9 heteroatoms. The Morgan fingerprint density at radius 3 is 2.62 bits per heavy atom. The molecule has 3 N–H and O–H groups in total. The summed E-state index contributed by atoms with van der Waals surface area (Å²) >= 11 is 0. The number of primary amides is 1. The maximum absolute atomic E-state index is 14.1. The molecular formula is C23H27F2N5O2. The third-order valence-electron chi connectivity index (χ3n) is 6.66. The van der Waals surface area contributed by atoms with Gasteiger partial charge in [0.15, 0.2) is 11.6 Å². The van der Waals surface area contributed by atoms with E-state index >= 15 is 0 Å². The molecule has 170 valence electrons. The summed E-state index contributed by atoms with van der Waals surface area (Å²) in [6.07, 6.45) is 4.67. The van der Waals surface area contributed by atoms with Crippen LogP contribution in [0.3, 0.4) is 0 Å². The molecule has 0 saturated carbocycles. The molecule has 0 radical (unpaired) electrons. The summed E-state index contributed by atoms with van der Waals surface area (Å²) in [5.41, 5.74) is 6.44. The number of nitrogens with two attached hydrogens (primary N) is 1. The number of urea groups is 2. The van der Waals surface area contributed by atoms with Crippen molar-refractivity contribution in [1.82, 2.24) is 20.1 Å². The average Bonchev–Trinajstić information content (AvgIpc) is 3.17. The molecule has 3 heterocycles. The zero-order chi connectivity index (χ0) is 22.7. The van der Waals surface area contributed by atoms with E-state index in [1.807, 2.05) is 18.2 Å². The Bertz CT molecular complexity index is 980. The second kappa shape index (κ2) is 9.20. The van der Waals surface area contributed by atoms with E-state index in [0.29, 0.717) is 13.0 Å². The Labute approximate surface area is 185 Å². The van der Waals surface area contributed by atoms with Gasteiger partial charge in [0.1, 0.15) is 0 Å². The number of imide groups is 1. The first-order valence-electron chi connectivity index (χ1n) is 10.9. The Morgan fingerprint density at radius 2 is 1.97 bits per heavy atom. The number of rotatable bonds is 6. The van der Waals surface area contributed by atoms with Crippen LogP contribution in [0.1, 0.15) is 36.9 Å². The molecule has 2 aromatic rings. The SMILES string of the molecule is NC(=O)N1C(=O)NCC1CCCN1CCC(c2ccc(F)c(F)c2)(c2ccccn2)CC1. The lowest BCUT2D eigenvalue weighted by Crippen LogP contribution is -2.45. The van der Waals surface area contributed by atoms with E-state index in [2.05, 4.69) is 15.2 Å². The fourth-order valence-electron chi connectivity index (χ4n) is 4.90. The van der Waals surface area contributed by atoms with Gasteiger partial charge < -0.3 is 16.0 Å². The van der Waals surface area contributed by atoms with E-state index in [4.69, 9.17) is 5.73 Å². The third-order valence-corrected chi connectivity index (χ3v) is 6.66. The highest BCUT2D eigenvalue weighted by Gasteiger charge is 2.40. The molecule has 2 saturated heterocycles. The van der Waals surface area contributed by atoms with Gasteiger partial charge >= 0.3 is 12.1 Å². The highest BCUT2D eigenvalue weighted by atomic mass is 19.2. The fourth-order valence-corrected chi connectivity index (χ4v) is 4.90. The van der Waals surface area contributed by atoms with Crippen LogP contribution < -0.4 is 11.1 Å². The number of pyridine rings is 1. The molecule has 0 aliphatic carbocycles. The minimum Gasteiger partial charge on any atom is -0.351 e. The molecule has 4 amide bonds. The van der Waals surface area contributed by atoms with Crippen molar-refractivity contribution in [2.45, 2.75) is 37.1 Å². The lowest BCUT2D eigenvalue weighted by atomic mass is 9.70. The van der Waals surface area contributed by atoms with Gasteiger partial charge in [-0.2, -0.15) is 0 Å². The van der Waals surface area contributed by atoms with Crippen molar-refractivity contribution in [3.05, 3.63) is 65.5 Å². The van der Waals surface area contributed by atoms with Gasteiger partial charge in [0.2, 0.25) is 0 Å². The van der Waals surface area contributed by atoms with Crippen molar-refractivity contribution in [3.63, 3.8) is 0 Å². The second-order valence-electron chi connectivity index (χ2n) is 8.46. The Kier molecular flexibility index (Phi) is 6.36. The number of hydrogen-bond acceptors (Lipinski definition) is 4. The molecule has 0 bridgehead atoms. The lowest BCUT2D eigenvalue weighted by Gasteiger charge is -2.42. The number of amides is 4. The number of carbonyl (C=O) groups excluding carboxylic acids is 2. The number of nitrogens with one attached hydrogen (secondary N) is 1. The van der Waals surface area contributed by atoms with Crippen LogP contribution in [0.15, 0.2) is 42.6 Å². The van der Waals surface area contributed by atoms with Crippen LogP contribution in [0, 0.1) is 11.6 Å². The summed E-state index contributed by atoms with van der Waals surface area (Å²) in [5.74, 6) is -1.70. The largest absolute Gasteiger partial charge is 0.351 e. The number of benzene rings is 1. The lowest BCUT2D eigenvalue weighted by molar-refractivity contribution is 0.167. The van der Waals surface area contributed by atoms with Crippen molar-refractivity contribution in [1.29, 1.82) is 0 Å². The Hall–Kier alpha value is -3.07. The standard InChI is InChI=1S/C23H27F2N5O2/c24-18-7-6-16(14-19(18)25)23(20-5-1-2-10-27-20)8-12-29(13-9-23)11-3-4-17-15-28-22(32)30(17)21(26)31/h1-2,5-7,10,14,17H,3-4,8-9,11-13,15H2,(H2,26,31)(H,28,32). The van der Waals surface area contributed by atoms with E-state index in [1.165, 1.54) is 12.1 Å². The second-order valence-corrected chi connectivity index (χ2v) is 8.46. The predicted octanol–water partition coefficient (Wildman–Crippen LogP) is 2.99. The van der Waals surface area contributed by atoms with Gasteiger partial charge in [-0.15, -0.1) is 0 Å². The van der Waals surface area contributed by atoms with Gasteiger partial charge in [-0.25, -0.2) is 23.3 Å². The number of hydrogen-bond donors (Lipinski definition) is 2. The topological polar surface area (TPSA) is 91.6 Å². The van der Waals surface area contributed by atoms with Crippen molar-refractivity contribution in [2.24, 2.45) is 5.73 Å². The van der Waals surface area contributed by atoms with E-state index in [-0.39, 0.29) is 6.04 Å². The van der Waals surface area contributed by atoms with Crippen molar-refractivity contribution < 1.29 is 18.4 Å². The molecule has 1 unspecified atom stereocenters. The molecule has 0 spiro atoms. The van der Waals surface area contributed by atoms with Crippen LogP contribution in [0.2, 0.25) is 0 Å². The molecule has 7 nitrogen and oxygen atoms in total. The highest BCUT2D eigenvalue weighted by Crippen LogP contribution is 2.41. The molecule has 2 aliphatic heterocycles. The minimum absolute atomic E-state index is 0.223. The van der Waals surface area contributed by atoms with E-state index in [1.54, 1.807) is 12.3 Å². The van der Waals surface area contributed by atoms with E-state index < -0.39 is 29.1 Å². The van der Waals surface area contributed by atoms with Crippen LogP contribution in [0.4, 0.5) is 18.4 Å². The quantitative estimate of drug-likeness (QED) is 0.718. The van der Waals surface area contributed by atoms with Crippen molar-refractivity contribution >= 4 is 12.1 Å². The van der Waals surface area contributed by atoms with Gasteiger partial charge in [0, 0.05) is 18.2 Å². The summed E-state index contributed by atoms with van der Waals surface area (Å²) in [5, 5.41) is 2.65. The van der Waals surface area contributed by atoms with Crippen LogP contribution in [-0.2, 0) is 5.41 Å². The van der Waals surface area contributed by atoms with Crippen molar-refractivity contribution in [3.8, 4) is 0 Å². The molecular weight excluding hydrogens is 416 g/mol. The molecule has 1 aromatic carbocycles. The van der Waals surface area contributed by atoms with Crippen LogP contribution >= 0.6 is 0 Å². The number of piperidine rings is 1. The number of aromatic nitrogens is 1. The zero-order valence-electron chi connectivity index (χ0n) is 17.8. The Morgan fingerprint density at radius 1 is 1.19 bits per heavy atom. The van der Waals surface area contributed by atoms with Gasteiger partial charge in [-0.3, -0.25) is 4.98 Å². The van der Waals surface area contributed by atoms with Gasteiger partial charge in [-0.05, 0) is 75.1 Å². The summed E-state index contributed by atoms with van der Waals surface area (Å²) in [7, 11) is 0. The van der Waals surface area contributed by atoms with Gasteiger partial charge in [0.05, 0.1) is 11.7 Å². The summed E-state index contributed by atoms with van der Waals surface area (Å²) in [4.78, 5) is 31.2. The maximum Gasteiger partial charge on any atom is 0.325 e. The first-order valence-corrected chi connectivity index (χ1v) is 10.9. The molecule has 2 fully saturated rings. The maximum atomic E-state index is 14.1. The number of nitrogens with zero attached hydrogens (tertiary/aromatic N) is 3. The minimum atomic E-state index is -0.854. The first-order chi connectivity index (χ1) is 15.4. The normalized spacial score (nSPS) is 20.9. The predicted molar refractivity (Wildman–Crippen MR) is 115 cm³/mol. The molecule has 2 aliphatic rings. The number of carbonyl (C=O) groups is 2. The van der Waals surface area contributed by atoms with Crippen molar-refractivity contribution in [2.75, 3.05) is 26.2 Å². The van der Waals surface area contributed by atoms with Gasteiger partial charge in [-0.1, -0.05) is 12.1 Å². The average molecular weight is 443 g/mol.